The van der Waals surface area contributed by atoms with Crippen LogP contribution in [-0.2, 0) is 0 Å². The van der Waals surface area contributed by atoms with Gasteiger partial charge in [-0.25, -0.2) is 4.98 Å². The highest BCUT2D eigenvalue weighted by Gasteiger charge is 2.21. The molecule has 0 aliphatic rings. The van der Waals surface area contributed by atoms with E-state index in [1.807, 2.05) is 30.5 Å². The number of hydrogen-bond donors (Lipinski definition) is 0. The maximum atomic E-state index is 6.62. The van der Waals surface area contributed by atoms with E-state index >= 15 is 0 Å². The Balaban J connectivity index is 1.15. The van der Waals surface area contributed by atoms with Crippen LogP contribution in [0.2, 0.25) is 0 Å². The summed E-state index contributed by atoms with van der Waals surface area (Å²) >= 11 is 0. The number of furan rings is 2. The Hall–Kier alpha value is -6.52. The molecule has 48 heavy (non-hydrogen) atoms. The number of nitrogens with zero attached hydrogens (tertiary/aromatic N) is 2. The van der Waals surface area contributed by atoms with Crippen molar-refractivity contribution in [1.82, 2.24) is 9.97 Å². The summed E-state index contributed by atoms with van der Waals surface area (Å²) in [4.78, 5) is 10.3. The molecule has 8 aromatic carbocycles. The number of para-hydroxylation sites is 2. The second kappa shape index (κ2) is 9.50. The lowest BCUT2D eigenvalue weighted by atomic mass is 9.94. The van der Waals surface area contributed by atoms with Crippen molar-refractivity contribution >= 4 is 87.2 Å². The zero-order valence-electron chi connectivity index (χ0n) is 25.6. The van der Waals surface area contributed by atoms with E-state index in [-0.39, 0.29) is 0 Å². The van der Waals surface area contributed by atoms with Crippen LogP contribution < -0.4 is 0 Å². The van der Waals surface area contributed by atoms with Crippen molar-refractivity contribution in [2.75, 3.05) is 0 Å². The van der Waals surface area contributed by atoms with Gasteiger partial charge in [0, 0.05) is 43.4 Å². The molecule has 0 saturated carbocycles. The molecule has 0 radical (unpaired) electrons. The summed E-state index contributed by atoms with van der Waals surface area (Å²) in [5.74, 6) is 0. The highest BCUT2D eigenvalue weighted by Crippen LogP contribution is 2.45. The lowest BCUT2D eigenvalue weighted by Gasteiger charge is -2.11. The number of hydrogen-bond acceptors (Lipinski definition) is 4. The van der Waals surface area contributed by atoms with E-state index in [4.69, 9.17) is 18.8 Å². The molecule has 4 nitrogen and oxygen atoms in total. The Labute approximate surface area is 273 Å². The minimum absolute atomic E-state index is 0.845. The molecule has 4 heteroatoms. The lowest BCUT2D eigenvalue weighted by molar-refractivity contribution is 0.664. The summed E-state index contributed by atoms with van der Waals surface area (Å²) in [5.41, 5.74) is 9.27. The molecule has 3 aromatic heterocycles. The third kappa shape index (κ3) is 3.54. The summed E-state index contributed by atoms with van der Waals surface area (Å²) in [6.07, 6.45) is 1.91. The zero-order valence-corrected chi connectivity index (χ0v) is 25.6. The van der Waals surface area contributed by atoms with Gasteiger partial charge in [0.1, 0.15) is 22.3 Å². The van der Waals surface area contributed by atoms with E-state index in [0.29, 0.717) is 0 Å². The number of rotatable bonds is 2. The topological polar surface area (TPSA) is 52.1 Å². The first-order valence-electron chi connectivity index (χ1n) is 16.1. The highest BCUT2D eigenvalue weighted by molar-refractivity contribution is 6.24. The minimum Gasteiger partial charge on any atom is -0.456 e. The molecule has 0 aliphatic heterocycles. The van der Waals surface area contributed by atoms with Gasteiger partial charge >= 0.3 is 0 Å². The monoisotopic (exact) mass is 612 g/mol. The Kier molecular flexibility index (Phi) is 5.08. The smallest absolute Gasteiger partial charge is 0.144 e. The van der Waals surface area contributed by atoms with E-state index in [0.717, 1.165) is 98.8 Å². The Morgan fingerprint density at radius 3 is 1.79 bits per heavy atom. The van der Waals surface area contributed by atoms with E-state index in [9.17, 15) is 0 Å². The van der Waals surface area contributed by atoms with Crippen molar-refractivity contribution in [3.8, 4) is 22.4 Å². The molecule has 0 fully saturated rings. The van der Waals surface area contributed by atoms with Gasteiger partial charge in [-0.1, -0.05) is 109 Å². The Morgan fingerprint density at radius 2 is 1.02 bits per heavy atom. The molecule has 0 saturated heterocycles. The van der Waals surface area contributed by atoms with Gasteiger partial charge in [-0.15, -0.1) is 0 Å². The summed E-state index contributed by atoms with van der Waals surface area (Å²) in [7, 11) is 0. The molecule has 222 valence electrons. The van der Waals surface area contributed by atoms with Crippen LogP contribution in [0.4, 0.5) is 0 Å². The van der Waals surface area contributed by atoms with Crippen LogP contribution in [0.1, 0.15) is 0 Å². The summed E-state index contributed by atoms with van der Waals surface area (Å²) in [6.45, 7) is 0. The molecule has 11 aromatic rings. The van der Waals surface area contributed by atoms with E-state index in [1.54, 1.807) is 0 Å². The van der Waals surface area contributed by atoms with Crippen molar-refractivity contribution in [3.63, 3.8) is 0 Å². The van der Waals surface area contributed by atoms with Crippen molar-refractivity contribution in [1.29, 1.82) is 0 Å². The van der Waals surface area contributed by atoms with Crippen LogP contribution in [0.3, 0.4) is 0 Å². The molecular formula is C44H24N2O2. The lowest BCUT2D eigenvalue weighted by Crippen LogP contribution is -1.92. The first kappa shape index (κ1) is 25.6. The predicted molar refractivity (Wildman–Crippen MR) is 197 cm³/mol. The fourth-order valence-corrected chi connectivity index (χ4v) is 7.66. The fourth-order valence-electron chi connectivity index (χ4n) is 7.66. The Bertz CT molecular complexity index is 3090. The summed E-state index contributed by atoms with van der Waals surface area (Å²) < 4.78 is 13.1. The molecule has 0 bridgehead atoms. The second-order valence-corrected chi connectivity index (χ2v) is 12.5. The number of aromatic nitrogens is 2. The van der Waals surface area contributed by atoms with Gasteiger partial charge in [0.2, 0.25) is 0 Å². The quantitative estimate of drug-likeness (QED) is 0.182. The zero-order chi connectivity index (χ0) is 31.3. The summed E-state index contributed by atoms with van der Waals surface area (Å²) in [6, 6.07) is 48.7. The molecule has 0 unspecified atom stereocenters. The van der Waals surface area contributed by atoms with Crippen molar-refractivity contribution < 1.29 is 8.83 Å². The van der Waals surface area contributed by atoms with Crippen molar-refractivity contribution in [2.45, 2.75) is 0 Å². The van der Waals surface area contributed by atoms with E-state index in [2.05, 4.69) is 115 Å². The van der Waals surface area contributed by atoms with Gasteiger partial charge < -0.3 is 8.83 Å². The second-order valence-electron chi connectivity index (χ2n) is 12.5. The van der Waals surface area contributed by atoms with Crippen LogP contribution in [0.25, 0.3) is 110 Å². The van der Waals surface area contributed by atoms with Crippen LogP contribution in [0.15, 0.2) is 155 Å². The average Bonchev–Trinajstić information content (AvgIpc) is 3.71. The van der Waals surface area contributed by atoms with E-state index < -0.39 is 0 Å². The van der Waals surface area contributed by atoms with Gasteiger partial charge in [0.15, 0.2) is 0 Å². The molecule has 0 N–H and O–H groups in total. The van der Waals surface area contributed by atoms with Gasteiger partial charge in [0.05, 0.1) is 22.9 Å². The maximum absolute atomic E-state index is 6.62. The molecule has 0 spiro atoms. The highest BCUT2D eigenvalue weighted by atomic mass is 16.3. The maximum Gasteiger partial charge on any atom is 0.144 e. The van der Waals surface area contributed by atoms with Crippen LogP contribution in [0, 0.1) is 0 Å². The van der Waals surface area contributed by atoms with Gasteiger partial charge in [-0.2, -0.15) is 0 Å². The first-order valence-corrected chi connectivity index (χ1v) is 16.1. The molecule has 11 rings (SSSR count). The van der Waals surface area contributed by atoms with Crippen LogP contribution in [0.5, 0.6) is 0 Å². The normalized spacial score (nSPS) is 12.2. The third-order valence-electron chi connectivity index (χ3n) is 9.86. The molecule has 0 amide bonds. The molecule has 0 atom stereocenters. The number of fused-ring (bicyclic) bond motifs is 13. The fraction of sp³-hybridized carbons (Fsp3) is 0. The van der Waals surface area contributed by atoms with Gasteiger partial charge in [-0.3, -0.25) is 4.98 Å². The van der Waals surface area contributed by atoms with E-state index in [1.165, 1.54) is 10.8 Å². The number of benzene rings is 8. The summed E-state index contributed by atoms with van der Waals surface area (Å²) in [5, 5.41) is 11.1. The van der Waals surface area contributed by atoms with Crippen LogP contribution in [-0.4, -0.2) is 9.97 Å². The SMILES string of the molecule is c1ccc2c(c1)oc1c(-c3ccc4ccc(-c5cnc6c7ccccc7c7ccccc7c6n5)cc4c3)c3c(cc12)oc1ccccc13. The molecular weight excluding hydrogens is 588 g/mol. The third-order valence-corrected chi connectivity index (χ3v) is 9.86. The van der Waals surface area contributed by atoms with Gasteiger partial charge in [-0.05, 0) is 57.4 Å². The minimum atomic E-state index is 0.845. The van der Waals surface area contributed by atoms with Crippen LogP contribution >= 0.6 is 0 Å². The standard InChI is InChI=1S/C44H24N2O2/c1-3-12-32-29(9-1)30-10-2-4-13-33(30)43-42(32)45-24-36(46-43)26-19-17-25-18-20-27(22-28(25)21-26)40-41-34-14-6-8-16-38(34)47-39(41)23-35-31-11-5-7-15-37(31)48-44(35)40/h1-24H. The molecule has 0 aliphatic carbocycles. The average molecular weight is 613 g/mol. The van der Waals surface area contributed by atoms with Crippen molar-refractivity contribution in [2.24, 2.45) is 0 Å². The van der Waals surface area contributed by atoms with Crippen molar-refractivity contribution in [3.05, 3.63) is 146 Å². The first-order chi connectivity index (χ1) is 23.8. The Morgan fingerprint density at radius 1 is 0.417 bits per heavy atom. The predicted octanol–water partition coefficient (Wildman–Crippen LogP) is 12.2. The van der Waals surface area contributed by atoms with Gasteiger partial charge in [0.25, 0.3) is 0 Å². The largest absolute Gasteiger partial charge is 0.456 e. The molecule has 3 heterocycles.